The normalized spacial score (nSPS) is 18.8. The molecule has 0 radical (unpaired) electrons. The summed E-state index contributed by atoms with van der Waals surface area (Å²) in [7, 11) is 0. The highest BCUT2D eigenvalue weighted by molar-refractivity contribution is 5.92. The molecule has 1 amide bonds. The van der Waals surface area contributed by atoms with Crippen LogP contribution in [0.15, 0.2) is 30.6 Å². The van der Waals surface area contributed by atoms with Crippen molar-refractivity contribution in [3.05, 3.63) is 47.7 Å². The van der Waals surface area contributed by atoms with Crippen molar-refractivity contribution in [1.82, 2.24) is 15.3 Å². The average molecular weight is 343 g/mol. The van der Waals surface area contributed by atoms with Crippen LogP contribution in [0.1, 0.15) is 41.4 Å². The van der Waals surface area contributed by atoms with E-state index in [1.54, 1.807) is 6.07 Å². The Bertz CT molecular complexity index is 778. The second kappa shape index (κ2) is 6.66. The molecule has 2 aromatic rings. The first-order valence-corrected chi connectivity index (χ1v) is 8.37. The fraction of sp³-hybridized carbons (Fsp3) is 0.389. The maximum atomic E-state index is 13.5. The van der Waals surface area contributed by atoms with Crippen LogP contribution >= 0.6 is 0 Å². The first kappa shape index (κ1) is 15.8. The smallest absolute Gasteiger partial charge is 0.271 e. The Morgan fingerprint density at radius 1 is 1.28 bits per heavy atom. The van der Waals surface area contributed by atoms with E-state index in [1.807, 2.05) is 0 Å². The lowest BCUT2D eigenvalue weighted by Gasteiger charge is -2.26. The van der Waals surface area contributed by atoms with Gasteiger partial charge in [0.2, 0.25) is 5.88 Å². The first-order chi connectivity index (χ1) is 12.2. The van der Waals surface area contributed by atoms with Crippen LogP contribution in [0, 0.1) is 11.7 Å². The zero-order valence-corrected chi connectivity index (χ0v) is 13.6. The number of fused-ring (bicyclic) bond motifs is 1. The summed E-state index contributed by atoms with van der Waals surface area (Å²) in [5.41, 5.74) is 0.833. The van der Waals surface area contributed by atoms with Gasteiger partial charge < -0.3 is 14.8 Å². The molecule has 1 aromatic heterocycles. The Morgan fingerprint density at radius 2 is 2.16 bits per heavy atom. The molecule has 0 saturated heterocycles. The van der Waals surface area contributed by atoms with Gasteiger partial charge in [0.15, 0.2) is 0 Å². The van der Waals surface area contributed by atoms with E-state index in [4.69, 9.17) is 9.47 Å². The van der Waals surface area contributed by atoms with Gasteiger partial charge in [-0.2, -0.15) is 0 Å². The molecule has 1 fully saturated rings. The lowest BCUT2D eigenvalue weighted by molar-refractivity contribution is 0.0919. The van der Waals surface area contributed by atoms with Crippen molar-refractivity contribution in [2.45, 2.75) is 25.3 Å². The molecule has 0 spiro atoms. The van der Waals surface area contributed by atoms with Crippen LogP contribution in [0.25, 0.3) is 0 Å². The summed E-state index contributed by atoms with van der Waals surface area (Å²) in [5, 5.41) is 2.87. The van der Waals surface area contributed by atoms with Gasteiger partial charge in [-0.15, -0.1) is 0 Å². The summed E-state index contributed by atoms with van der Waals surface area (Å²) in [5.74, 6) is 0.914. The van der Waals surface area contributed by atoms with Gasteiger partial charge in [-0.3, -0.25) is 4.79 Å². The molecule has 1 aliphatic heterocycles. The minimum atomic E-state index is -0.361. The Labute approximate surface area is 144 Å². The summed E-state index contributed by atoms with van der Waals surface area (Å²) in [6.45, 7) is 1.11. The molecule has 6 nitrogen and oxygen atoms in total. The van der Waals surface area contributed by atoms with Gasteiger partial charge in [0.05, 0.1) is 31.6 Å². The van der Waals surface area contributed by atoms with Crippen LogP contribution in [0.5, 0.6) is 11.6 Å². The fourth-order valence-corrected chi connectivity index (χ4v) is 2.74. The number of aromatic nitrogens is 2. The van der Waals surface area contributed by atoms with E-state index in [0.717, 1.165) is 0 Å². The quantitative estimate of drug-likeness (QED) is 0.903. The van der Waals surface area contributed by atoms with Crippen molar-refractivity contribution in [1.29, 1.82) is 0 Å². The molecule has 130 valence electrons. The molecule has 7 heteroatoms. The number of ether oxygens (including phenoxy) is 2. The monoisotopic (exact) mass is 343 g/mol. The number of hydrogen-bond donors (Lipinski definition) is 1. The number of carbonyl (C=O) groups is 1. The maximum absolute atomic E-state index is 13.5. The van der Waals surface area contributed by atoms with Crippen molar-refractivity contribution in [2.75, 3.05) is 13.2 Å². The Balaban J connectivity index is 1.42. The van der Waals surface area contributed by atoms with Crippen molar-refractivity contribution in [2.24, 2.45) is 5.92 Å². The van der Waals surface area contributed by atoms with E-state index in [9.17, 15) is 9.18 Å². The van der Waals surface area contributed by atoms with Crippen LogP contribution in [-0.2, 0) is 0 Å². The molecule has 2 heterocycles. The third-order valence-electron chi connectivity index (χ3n) is 4.34. The molecular weight excluding hydrogens is 325 g/mol. The number of hydrogen-bond acceptors (Lipinski definition) is 5. The number of nitrogens with one attached hydrogen (secondary N) is 1. The third-order valence-corrected chi connectivity index (χ3v) is 4.34. The van der Waals surface area contributed by atoms with Crippen molar-refractivity contribution >= 4 is 5.91 Å². The van der Waals surface area contributed by atoms with Gasteiger partial charge in [0.25, 0.3) is 5.91 Å². The Hall–Kier alpha value is -2.70. The summed E-state index contributed by atoms with van der Waals surface area (Å²) >= 11 is 0. The molecule has 1 aliphatic carbocycles. The average Bonchev–Trinajstić information content (AvgIpc) is 3.45. The minimum absolute atomic E-state index is 0.197. The number of halogens is 1. The van der Waals surface area contributed by atoms with Crippen molar-refractivity contribution in [3.8, 4) is 11.6 Å². The molecule has 25 heavy (non-hydrogen) atoms. The number of nitrogens with zero attached hydrogens (tertiary/aromatic N) is 2. The molecule has 1 N–H and O–H groups in total. The molecular formula is C18H18FN3O3. The van der Waals surface area contributed by atoms with Crippen molar-refractivity contribution < 1.29 is 18.7 Å². The van der Waals surface area contributed by atoms with Gasteiger partial charge in [0, 0.05) is 12.0 Å². The molecule has 1 aromatic carbocycles. The highest BCUT2D eigenvalue weighted by Crippen LogP contribution is 2.32. The molecule has 2 aliphatic rings. The summed E-state index contributed by atoms with van der Waals surface area (Å²) in [6.07, 6.45) is 5.80. The van der Waals surface area contributed by atoms with Crippen LogP contribution < -0.4 is 14.8 Å². The highest BCUT2D eigenvalue weighted by atomic mass is 19.1. The molecule has 1 saturated carbocycles. The van der Waals surface area contributed by atoms with Gasteiger partial charge in [-0.25, -0.2) is 14.4 Å². The van der Waals surface area contributed by atoms with E-state index < -0.39 is 0 Å². The van der Waals surface area contributed by atoms with E-state index >= 15 is 0 Å². The number of rotatable bonds is 5. The zero-order valence-electron chi connectivity index (χ0n) is 13.6. The third kappa shape index (κ3) is 3.70. The summed E-state index contributed by atoms with van der Waals surface area (Å²) < 4.78 is 24.5. The van der Waals surface area contributed by atoms with Crippen LogP contribution in [0.4, 0.5) is 4.39 Å². The van der Waals surface area contributed by atoms with Gasteiger partial charge in [-0.05, 0) is 37.0 Å². The van der Waals surface area contributed by atoms with Crippen LogP contribution in [0.2, 0.25) is 0 Å². The van der Waals surface area contributed by atoms with Crippen LogP contribution in [0.3, 0.4) is 0 Å². The molecule has 4 rings (SSSR count). The van der Waals surface area contributed by atoms with Crippen LogP contribution in [-0.4, -0.2) is 29.1 Å². The van der Waals surface area contributed by atoms with Gasteiger partial charge in [0.1, 0.15) is 17.3 Å². The molecule has 1 atom stereocenters. The first-order valence-electron chi connectivity index (χ1n) is 8.37. The van der Waals surface area contributed by atoms with Crippen molar-refractivity contribution in [3.63, 3.8) is 0 Å². The topological polar surface area (TPSA) is 73.3 Å². The van der Waals surface area contributed by atoms with Gasteiger partial charge >= 0.3 is 0 Å². The van der Waals surface area contributed by atoms with E-state index in [1.165, 1.54) is 37.4 Å². The lowest BCUT2D eigenvalue weighted by Crippen LogP contribution is -2.32. The van der Waals surface area contributed by atoms with E-state index in [2.05, 4.69) is 15.3 Å². The summed E-state index contributed by atoms with van der Waals surface area (Å²) in [4.78, 5) is 20.6. The van der Waals surface area contributed by atoms with Gasteiger partial charge in [-0.1, -0.05) is 0 Å². The lowest BCUT2D eigenvalue weighted by atomic mass is 10.0. The molecule has 1 unspecified atom stereocenters. The van der Waals surface area contributed by atoms with E-state index in [-0.39, 0.29) is 23.5 Å². The zero-order chi connectivity index (χ0) is 17.2. The number of carbonyl (C=O) groups excluding carboxylic acids is 1. The highest BCUT2D eigenvalue weighted by Gasteiger charge is 2.25. The maximum Gasteiger partial charge on any atom is 0.271 e. The standard InChI is InChI=1S/C18H18FN3O3/c19-12-3-4-16-13(7-12)14(5-6-24-16)22-18(23)15-8-21-17(9-20-15)25-10-11-1-2-11/h3-4,7-9,11,14H,1-2,5-6,10H2,(H,22,23). The number of benzene rings is 1. The number of amides is 1. The minimum Gasteiger partial charge on any atom is -0.493 e. The largest absolute Gasteiger partial charge is 0.493 e. The SMILES string of the molecule is O=C(NC1CCOc2ccc(F)cc21)c1cnc(OCC2CC2)cn1. The van der Waals surface area contributed by atoms with E-state index in [0.29, 0.717) is 42.7 Å². The summed E-state index contributed by atoms with van der Waals surface area (Å²) in [6, 6.07) is 3.99. The molecule has 0 bridgehead atoms. The Kier molecular flexibility index (Phi) is 4.21. The fourth-order valence-electron chi connectivity index (χ4n) is 2.74. The second-order valence-corrected chi connectivity index (χ2v) is 6.34. The second-order valence-electron chi connectivity index (χ2n) is 6.34. The Morgan fingerprint density at radius 3 is 2.92 bits per heavy atom. The predicted octanol–water partition coefficient (Wildman–Crippen LogP) is 2.66. The predicted molar refractivity (Wildman–Crippen MR) is 87.0 cm³/mol.